The molecule has 1 amide bonds. The summed E-state index contributed by atoms with van der Waals surface area (Å²) < 4.78 is 1.97. The van der Waals surface area contributed by atoms with Gasteiger partial charge in [-0.05, 0) is 65.0 Å². The number of halogens is 1. The lowest BCUT2D eigenvalue weighted by molar-refractivity contribution is -0.121. The van der Waals surface area contributed by atoms with Gasteiger partial charge >= 0.3 is 0 Å². The summed E-state index contributed by atoms with van der Waals surface area (Å²) in [5.41, 5.74) is 0.132. The van der Waals surface area contributed by atoms with E-state index in [1.165, 1.54) is 11.8 Å². The number of hydrogen-bond acceptors (Lipinski definition) is 6. The van der Waals surface area contributed by atoms with Gasteiger partial charge in [0.25, 0.3) is 0 Å². The molecule has 9 heteroatoms. The van der Waals surface area contributed by atoms with Crippen molar-refractivity contribution in [1.29, 1.82) is 5.26 Å². The Morgan fingerprint density at radius 3 is 2.45 bits per heavy atom. The molecule has 1 aromatic carbocycles. The first-order valence-corrected chi connectivity index (χ1v) is 11.8. The highest BCUT2D eigenvalue weighted by Gasteiger charge is 2.35. The molecule has 2 aromatic rings. The number of carbonyl (C=O) groups is 1. The first kappa shape index (κ1) is 23.6. The second-order valence-electron chi connectivity index (χ2n) is 8.30. The monoisotopic (exact) mass is 460 g/mol. The molecule has 1 aliphatic carbocycles. The molecule has 1 N–H and O–H groups in total. The van der Waals surface area contributed by atoms with E-state index >= 15 is 0 Å². The van der Waals surface area contributed by atoms with E-state index in [0.29, 0.717) is 23.0 Å². The molecular formula is C22H29ClN6OS. The number of thioether (sulfide) groups is 1. The van der Waals surface area contributed by atoms with Crippen LogP contribution in [0.5, 0.6) is 0 Å². The van der Waals surface area contributed by atoms with E-state index in [1.54, 1.807) is 0 Å². The van der Waals surface area contributed by atoms with Crippen molar-refractivity contribution in [3.8, 4) is 11.8 Å². The molecular weight excluding hydrogens is 432 g/mol. The number of nitriles is 1. The van der Waals surface area contributed by atoms with Gasteiger partial charge in [0.2, 0.25) is 5.91 Å². The van der Waals surface area contributed by atoms with Gasteiger partial charge in [0.1, 0.15) is 5.54 Å². The first-order chi connectivity index (χ1) is 14.8. The quantitative estimate of drug-likeness (QED) is 0.617. The van der Waals surface area contributed by atoms with Crippen molar-refractivity contribution in [1.82, 2.24) is 25.0 Å². The molecule has 0 radical (unpaired) electrons. The standard InChI is InChI=1S/C22H29ClN6OS/c1-15(28(3)4)19-26-27-21(29(19)18-10-8-17(23)9-11-18)31-16(2)20(30)25-22(14-24)12-6-5-7-13-22/h8-11,15-16H,5-7,12-13H2,1-4H3,(H,25,30)/t15-,16+/m1/s1. The summed E-state index contributed by atoms with van der Waals surface area (Å²) in [4.78, 5) is 15.0. The average Bonchev–Trinajstić information content (AvgIpc) is 3.17. The third-order valence-corrected chi connectivity index (χ3v) is 7.12. The lowest BCUT2D eigenvalue weighted by atomic mass is 9.83. The summed E-state index contributed by atoms with van der Waals surface area (Å²) in [7, 11) is 3.97. The zero-order valence-corrected chi connectivity index (χ0v) is 20.0. The Labute approximate surface area is 193 Å². The second-order valence-corrected chi connectivity index (χ2v) is 10.0. The maximum atomic E-state index is 13.0. The molecule has 1 aliphatic rings. The van der Waals surface area contributed by atoms with E-state index < -0.39 is 10.8 Å². The fraction of sp³-hybridized carbons (Fsp3) is 0.545. The van der Waals surface area contributed by atoms with Crippen LogP contribution in [0.25, 0.3) is 5.69 Å². The minimum atomic E-state index is -0.751. The van der Waals surface area contributed by atoms with Gasteiger partial charge in [0.05, 0.1) is 17.4 Å². The van der Waals surface area contributed by atoms with Gasteiger partial charge in [-0.2, -0.15) is 5.26 Å². The minimum absolute atomic E-state index is 0.0192. The van der Waals surface area contributed by atoms with Crippen molar-refractivity contribution < 1.29 is 4.79 Å². The Balaban J connectivity index is 1.85. The highest BCUT2D eigenvalue weighted by Crippen LogP contribution is 2.31. The zero-order chi connectivity index (χ0) is 22.6. The zero-order valence-electron chi connectivity index (χ0n) is 18.4. The van der Waals surface area contributed by atoms with Crippen LogP contribution in [0.1, 0.15) is 57.8 Å². The Morgan fingerprint density at radius 1 is 1.23 bits per heavy atom. The normalized spacial score (nSPS) is 17.7. The highest BCUT2D eigenvalue weighted by molar-refractivity contribution is 8.00. The smallest absolute Gasteiger partial charge is 0.234 e. The molecule has 0 spiro atoms. The number of hydrogen-bond donors (Lipinski definition) is 1. The molecule has 0 aliphatic heterocycles. The van der Waals surface area contributed by atoms with E-state index in [4.69, 9.17) is 11.6 Å². The van der Waals surface area contributed by atoms with Gasteiger partial charge in [-0.3, -0.25) is 14.3 Å². The highest BCUT2D eigenvalue weighted by atomic mass is 35.5. The SMILES string of the molecule is C[C@H](Sc1nnc([C@@H](C)N(C)C)n1-c1ccc(Cl)cc1)C(=O)NC1(C#N)CCCCC1. The van der Waals surface area contributed by atoms with Crippen LogP contribution in [-0.2, 0) is 4.79 Å². The third-order valence-electron chi connectivity index (χ3n) is 5.83. The average molecular weight is 461 g/mol. The fourth-order valence-electron chi connectivity index (χ4n) is 3.66. The molecule has 1 heterocycles. The third kappa shape index (κ3) is 5.40. The van der Waals surface area contributed by atoms with Crippen molar-refractivity contribution in [2.75, 3.05) is 14.1 Å². The molecule has 0 bridgehead atoms. The van der Waals surface area contributed by atoms with E-state index in [0.717, 1.165) is 30.8 Å². The topological polar surface area (TPSA) is 86.8 Å². The largest absolute Gasteiger partial charge is 0.337 e. The summed E-state index contributed by atoms with van der Waals surface area (Å²) in [6.07, 6.45) is 4.45. The van der Waals surface area contributed by atoms with Crippen molar-refractivity contribution in [2.45, 2.75) is 67.9 Å². The van der Waals surface area contributed by atoms with E-state index in [9.17, 15) is 10.1 Å². The minimum Gasteiger partial charge on any atom is -0.337 e. The van der Waals surface area contributed by atoms with Crippen LogP contribution in [0.15, 0.2) is 29.4 Å². The summed E-state index contributed by atoms with van der Waals surface area (Å²) in [5.74, 6) is 0.629. The maximum Gasteiger partial charge on any atom is 0.234 e. The molecule has 166 valence electrons. The molecule has 1 aromatic heterocycles. The number of aromatic nitrogens is 3. The molecule has 1 fully saturated rings. The van der Waals surface area contributed by atoms with Crippen molar-refractivity contribution >= 4 is 29.3 Å². The van der Waals surface area contributed by atoms with Crippen LogP contribution in [0.2, 0.25) is 5.02 Å². The van der Waals surface area contributed by atoms with Crippen LogP contribution in [0, 0.1) is 11.3 Å². The summed E-state index contributed by atoms with van der Waals surface area (Å²) in [5, 5.41) is 22.4. The van der Waals surface area contributed by atoms with Crippen molar-refractivity contribution in [2.24, 2.45) is 0 Å². The van der Waals surface area contributed by atoms with Crippen LogP contribution in [0.3, 0.4) is 0 Å². The molecule has 7 nitrogen and oxygen atoms in total. The number of nitrogens with zero attached hydrogens (tertiary/aromatic N) is 5. The van der Waals surface area contributed by atoms with Crippen molar-refractivity contribution in [3.05, 3.63) is 35.1 Å². The summed E-state index contributed by atoms with van der Waals surface area (Å²) in [6, 6.07) is 9.85. The molecule has 0 saturated heterocycles. The molecule has 31 heavy (non-hydrogen) atoms. The van der Waals surface area contributed by atoms with Gasteiger partial charge in [-0.1, -0.05) is 42.6 Å². The number of rotatable bonds is 7. The number of nitrogens with one attached hydrogen (secondary N) is 1. The first-order valence-electron chi connectivity index (χ1n) is 10.5. The predicted octanol–water partition coefficient (Wildman–Crippen LogP) is 4.37. The Hall–Kier alpha value is -2.08. The van der Waals surface area contributed by atoms with Gasteiger partial charge in [0, 0.05) is 10.7 Å². The predicted molar refractivity (Wildman–Crippen MR) is 123 cm³/mol. The van der Waals surface area contributed by atoms with E-state index in [-0.39, 0.29) is 11.9 Å². The molecule has 3 rings (SSSR count). The number of carbonyl (C=O) groups excluding carboxylic acids is 1. The summed E-state index contributed by atoms with van der Waals surface area (Å²) in [6.45, 7) is 3.89. The van der Waals surface area contributed by atoms with E-state index in [2.05, 4.69) is 33.4 Å². The fourth-order valence-corrected chi connectivity index (χ4v) is 4.66. The maximum absolute atomic E-state index is 13.0. The van der Waals surface area contributed by atoms with Gasteiger partial charge in [-0.15, -0.1) is 10.2 Å². The Morgan fingerprint density at radius 2 is 1.87 bits per heavy atom. The van der Waals surface area contributed by atoms with Crippen LogP contribution >= 0.6 is 23.4 Å². The van der Waals surface area contributed by atoms with Gasteiger partial charge in [-0.25, -0.2) is 0 Å². The molecule has 1 saturated carbocycles. The lowest BCUT2D eigenvalue weighted by Gasteiger charge is -2.32. The number of amides is 1. The Kier molecular flexibility index (Phi) is 7.63. The van der Waals surface area contributed by atoms with Crippen molar-refractivity contribution in [3.63, 3.8) is 0 Å². The summed E-state index contributed by atoms with van der Waals surface area (Å²) >= 11 is 7.42. The Bertz CT molecular complexity index is 946. The van der Waals surface area contributed by atoms with Gasteiger partial charge in [0.15, 0.2) is 11.0 Å². The van der Waals surface area contributed by atoms with Gasteiger partial charge < -0.3 is 5.32 Å². The van der Waals surface area contributed by atoms with E-state index in [1.807, 2.05) is 49.9 Å². The van der Waals surface area contributed by atoms with Crippen LogP contribution in [-0.4, -0.2) is 50.5 Å². The number of benzene rings is 1. The van der Waals surface area contributed by atoms with Crippen LogP contribution in [0.4, 0.5) is 0 Å². The lowest BCUT2D eigenvalue weighted by Crippen LogP contribution is -2.51. The molecule has 2 atom stereocenters. The van der Waals surface area contributed by atoms with Crippen LogP contribution < -0.4 is 5.32 Å². The molecule has 0 unspecified atom stereocenters. The second kappa shape index (κ2) is 10.0.